The molecule has 7 heteroatoms. The predicted molar refractivity (Wildman–Crippen MR) is 116 cm³/mol. The highest BCUT2D eigenvalue weighted by Gasteiger charge is 2.19. The molecule has 144 valence electrons. The Kier molecular flexibility index (Phi) is 5.34. The van der Waals surface area contributed by atoms with Crippen molar-refractivity contribution in [3.05, 3.63) is 94.2 Å². The molecule has 0 saturated heterocycles. The average Bonchev–Trinajstić information content (AvgIpc) is 3.16. The molecule has 3 aromatic carbocycles. The summed E-state index contributed by atoms with van der Waals surface area (Å²) in [5.41, 5.74) is 3.14. The molecule has 1 heterocycles. The zero-order valence-electron chi connectivity index (χ0n) is 15.4. The summed E-state index contributed by atoms with van der Waals surface area (Å²) in [7, 11) is 0. The standard InChI is InChI=1S/C22H16Cl2N4O/c1-14-5-2-3-8-19(14)25-22(29)20-26-21(15-6-4-7-17(24)13-15)28(27-20)18-11-9-16(23)10-12-18/h2-13H,1H3,(H,25,29). The van der Waals surface area contributed by atoms with Gasteiger partial charge in [0.05, 0.1) is 5.69 Å². The summed E-state index contributed by atoms with van der Waals surface area (Å²) in [6.07, 6.45) is 0. The van der Waals surface area contributed by atoms with Gasteiger partial charge in [0.2, 0.25) is 5.82 Å². The fourth-order valence-electron chi connectivity index (χ4n) is 2.88. The van der Waals surface area contributed by atoms with Crippen LogP contribution in [0.15, 0.2) is 72.8 Å². The van der Waals surface area contributed by atoms with Crippen LogP contribution >= 0.6 is 23.2 Å². The number of anilines is 1. The van der Waals surface area contributed by atoms with E-state index in [1.807, 2.05) is 55.5 Å². The molecule has 1 aromatic heterocycles. The van der Waals surface area contributed by atoms with Crippen molar-refractivity contribution >= 4 is 34.8 Å². The number of hydrogen-bond acceptors (Lipinski definition) is 3. The van der Waals surface area contributed by atoms with Crippen molar-refractivity contribution in [1.82, 2.24) is 14.8 Å². The molecule has 0 unspecified atom stereocenters. The van der Waals surface area contributed by atoms with Gasteiger partial charge in [0.15, 0.2) is 5.82 Å². The zero-order valence-corrected chi connectivity index (χ0v) is 16.9. The summed E-state index contributed by atoms with van der Waals surface area (Å²) < 4.78 is 1.61. The average molecular weight is 423 g/mol. The van der Waals surface area contributed by atoms with Crippen LogP contribution in [0.1, 0.15) is 16.2 Å². The molecule has 0 aliphatic heterocycles. The summed E-state index contributed by atoms with van der Waals surface area (Å²) in [6, 6.07) is 21.9. The van der Waals surface area contributed by atoms with Crippen LogP contribution in [-0.4, -0.2) is 20.7 Å². The highest BCUT2D eigenvalue weighted by molar-refractivity contribution is 6.31. The predicted octanol–water partition coefficient (Wildman–Crippen LogP) is 5.80. The third-order valence-electron chi connectivity index (χ3n) is 4.36. The highest BCUT2D eigenvalue weighted by Crippen LogP contribution is 2.25. The van der Waals surface area contributed by atoms with E-state index in [9.17, 15) is 4.79 Å². The van der Waals surface area contributed by atoms with Crippen molar-refractivity contribution in [1.29, 1.82) is 0 Å². The summed E-state index contributed by atoms with van der Waals surface area (Å²) in [5.74, 6) is 0.165. The first-order chi connectivity index (χ1) is 14.0. The first kappa shape index (κ1) is 19.2. The second kappa shape index (κ2) is 8.07. The Morgan fingerprint density at radius 2 is 1.69 bits per heavy atom. The van der Waals surface area contributed by atoms with E-state index in [0.29, 0.717) is 21.6 Å². The van der Waals surface area contributed by atoms with Crippen LogP contribution in [0.2, 0.25) is 10.0 Å². The lowest BCUT2D eigenvalue weighted by Crippen LogP contribution is -2.15. The quantitative estimate of drug-likeness (QED) is 0.451. The van der Waals surface area contributed by atoms with E-state index in [0.717, 1.165) is 16.8 Å². The number of aryl methyl sites for hydroxylation is 1. The Balaban J connectivity index is 1.78. The largest absolute Gasteiger partial charge is 0.319 e. The molecule has 0 atom stereocenters. The van der Waals surface area contributed by atoms with E-state index in [4.69, 9.17) is 23.2 Å². The summed E-state index contributed by atoms with van der Waals surface area (Å²) in [4.78, 5) is 17.3. The number of hydrogen-bond donors (Lipinski definition) is 1. The number of nitrogens with zero attached hydrogens (tertiary/aromatic N) is 3. The van der Waals surface area contributed by atoms with Crippen molar-refractivity contribution in [2.24, 2.45) is 0 Å². The zero-order chi connectivity index (χ0) is 20.4. The second-order valence-electron chi connectivity index (χ2n) is 6.43. The molecule has 0 radical (unpaired) electrons. The van der Waals surface area contributed by atoms with Crippen LogP contribution in [0.5, 0.6) is 0 Å². The van der Waals surface area contributed by atoms with Crippen molar-refractivity contribution < 1.29 is 4.79 Å². The van der Waals surface area contributed by atoms with Gasteiger partial charge in [0.1, 0.15) is 0 Å². The van der Waals surface area contributed by atoms with Crippen molar-refractivity contribution in [3.63, 3.8) is 0 Å². The molecule has 0 aliphatic rings. The first-order valence-electron chi connectivity index (χ1n) is 8.87. The molecule has 0 saturated carbocycles. The van der Waals surface area contributed by atoms with Gasteiger partial charge in [-0.25, -0.2) is 9.67 Å². The lowest BCUT2D eigenvalue weighted by atomic mass is 10.2. The van der Waals surface area contributed by atoms with Crippen LogP contribution in [-0.2, 0) is 0 Å². The fraction of sp³-hybridized carbons (Fsp3) is 0.0455. The molecule has 4 rings (SSSR count). The van der Waals surface area contributed by atoms with Crippen LogP contribution in [0, 0.1) is 6.92 Å². The number of carbonyl (C=O) groups excluding carboxylic acids is 1. The van der Waals surface area contributed by atoms with Crippen LogP contribution < -0.4 is 5.32 Å². The van der Waals surface area contributed by atoms with Crippen molar-refractivity contribution in [2.45, 2.75) is 6.92 Å². The van der Waals surface area contributed by atoms with E-state index in [1.165, 1.54) is 0 Å². The molecule has 0 bridgehead atoms. The Morgan fingerprint density at radius 1 is 0.931 bits per heavy atom. The molecule has 0 spiro atoms. The smallest absolute Gasteiger partial charge is 0.295 e. The number of aromatic nitrogens is 3. The second-order valence-corrected chi connectivity index (χ2v) is 7.30. The van der Waals surface area contributed by atoms with Gasteiger partial charge in [-0.2, -0.15) is 0 Å². The molecule has 1 amide bonds. The summed E-state index contributed by atoms with van der Waals surface area (Å²) in [6.45, 7) is 1.92. The molecule has 5 nitrogen and oxygen atoms in total. The molecular weight excluding hydrogens is 407 g/mol. The maximum atomic E-state index is 12.8. The van der Waals surface area contributed by atoms with Gasteiger partial charge in [0, 0.05) is 21.3 Å². The molecule has 1 N–H and O–H groups in total. The van der Waals surface area contributed by atoms with E-state index in [2.05, 4.69) is 15.4 Å². The van der Waals surface area contributed by atoms with Crippen molar-refractivity contribution in [3.8, 4) is 17.1 Å². The highest BCUT2D eigenvalue weighted by atomic mass is 35.5. The topological polar surface area (TPSA) is 59.8 Å². The van der Waals surface area contributed by atoms with Gasteiger partial charge >= 0.3 is 0 Å². The SMILES string of the molecule is Cc1ccccc1NC(=O)c1nc(-c2cccc(Cl)c2)n(-c2ccc(Cl)cc2)n1. The van der Waals surface area contributed by atoms with Gasteiger partial charge in [0.25, 0.3) is 5.91 Å². The Morgan fingerprint density at radius 3 is 2.41 bits per heavy atom. The van der Waals surface area contributed by atoms with Crippen LogP contribution in [0.4, 0.5) is 5.69 Å². The number of benzene rings is 3. The lowest BCUT2D eigenvalue weighted by molar-refractivity contribution is 0.101. The number of nitrogens with one attached hydrogen (secondary N) is 1. The monoisotopic (exact) mass is 422 g/mol. The molecule has 29 heavy (non-hydrogen) atoms. The summed E-state index contributed by atoms with van der Waals surface area (Å²) >= 11 is 12.2. The maximum absolute atomic E-state index is 12.8. The number of rotatable bonds is 4. The third-order valence-corrected chi connectivity index (χ3v) is 4.84. The van der Waals surface area contributed by atoms with Crippen molar-refractivity contribution in [2.75, 3.05) is 5.32 Å². The molecule has 0 aliphatic carbocycles. The Hall–Kier alpha value is -3.15. The Bertz CT molecular complexity index is 1190. The molecular formula is C22H16Cl2N4O. The summed E-state index contributed by atoms with van der Waals surface area (Å²) in [5, 5.41) is 8.49. The van der Waals surface area contributed by atoms with Gasteiger partial charge < -0.3 is 5.32 Å². The first-order valence-corrected chi connectivity index (χ1v) is 9.63. The van der Waals surface area contributed by atoms with Crippen LogP contribution in [0.3, 0.4) is 0 Å². The maximum Gasteiger partial charge on any atom is 0.295 e. The minimum Gasteiger partial charge on any atom is -0.319 e. The fourth-order valence-corrected chi connectivity index (χ4v) is 3.19. The van der Waals surface area contributed by atoms with Gasteiger partial charge in [-0.3, -0.25) is 4.79 Å². The number of carbonyl (C=O) groups is 1. The normalized spacial score (nSPS) is 10.7. The number of amides is 1. The van der Waals surface area contributed by atoms with E-state index >= 15 is 0 Å². The van der Waals surface area contributed by atoms with Gasteiger partial charge in [-0.15, -0.1) is 5.10 Å². The minimum atomic E-state index is -0.393. The Labute approximate surface area is 177 Å². The number of halogens is 2. The van der Waals surface area contributed by atoms with E-state index in [-0.39, 0.29) is 5.82 Å². The lowest BCUT2D eigenvalue weighted by Gasteiger charge is -2.06. The molecule has 4 aromatic rings. The number of para-hydroxylation sites is 1. The molecule has 0 fully saturated rings. The van der Waals surface area contributed by atoms with E-state index < -0.39 is 5.91 Å². The van der Waals surface area contributed by atoms with E-state index in [1.54, 1.807) is 28.9 Å². The van der Waals surface area contributed by atoms with Gasteiger partial charge in [-0.1, -0.05) is 53.5 Å². The van der Waals surface area contributed by atoms with Crippen LogP contribution in [0.25, 0.3) is 17.1 Å². The van der Waals surface area contributed by atoms with Gasteiger partial charge in [-0.05, 0) is 55.0 Å². The minimum absolute atomic E-state index is 0.0539. The third kappa shape index (κ3) is 4.16.